The summed E-state index contributed by atoms with van der Waals surface area (Å²) in [6.45, 7) is 6.09. The molecule has 3 aromatic rings. The highest BCUT2D eigenvalue weighted by molar-refractivity contribution is 5.85. The molecule has 0 radical (unpaired) electrons. The van der Waals surface area contributed by atoms with E-state index >= 15 is 0 Å². The average Bonchev–Trinajstić information content (AvgIpc) is 3.32. The third-order valence-electron chi connectivity index (χ3n) is 6.67. The molecule has 6 heteroatoms. The van der Waals surface area contributed by atoms with Crippen LogP contribution in [0.4, 0.5) is 0 Å². The number of benzene rings is 2. The number of aromatic nitrogens is 1. The van der Waals surface area contributed by atoms with Crippen molar-refractivity contribution in [2.24, 2.45) is 0 Å². The van der Waals surface area contributed by atoms with E-state index in [0.29, 0.717) is 26.1 Å². The number of carbonyl (C=O) groups excluding carboxylic acids is 2. The summed E-state index contributed by atoms with van der Waals surface area (Å²) in [5.74, 6) is 0.871. The number of para-hydroxylation sites is 1. The first-order valence-electron chi connectivity index (χ1n) is 13.3. The van der Waals surface area contributed by atoms with E-state index in [9.17, 15) is 9.59 Å². The monoisotopic (exact) mass is 491 g/mol. The average molecular weight is 492 g/mol. The van der Waals surface area contributed by atoms with Crippen molar-refractivity contribution in [3.8, 4) is 5.75 Å². The van der Waals surface area contributed by atoms with Crippen LogP contribution in [0.1, 0.15) is 63.5 Å². The second-order valence-corrected chi connectivity index (χ2v) is 9.40. The number of unbranched alkanes of at least 4 members (excludes halogenated alkanes) is 3. The molecule has 0 spiro atoms. The number of H-pyrrole nitrogens is 1. The van der Waals surface area contributed by atoms with Crippen molar-refractivity contribution in [1.29, 1.82) is 0 Å². The van der Waals surface area contributed by atoms with Crippen LogP contribution >= 0.6 is 0 Å². The Hall–Kier alpha value is -3.28. The zero-order chi connectivity index (χ0) is 25.8. The Labute approximate surface area is 215 Å². The smallest absolute Gasteiger partial charge is 0.242 e. The molecule has 0 bridgehead atoms. The van der Waals surface area contributed by atoms with Gasteiger partial charge in [-0.25, -0.2) is 0 Å². The Morgan fingerprint density at radius 2 is 1.61 bits per heavy atom. The molecule has 1 N–H and O–H groups in total. The van der Waals surface area contributed by atoms with Gasteiger partial charge in [-0.15, -0.1) is 0 Å². The molecule has 1 aromatic heterocycles. The van der Waals surface area contributed by atoms with Gasteiger partial charge in [0.1, 0.15) is 5.75 Å². The molecule has 3 rings (SSSR count). The van der Waals surface area contributed by atoms with Gasteiger partial charge in [0.2, 0.25) is 11.8 Å². The molecule has 0 aliphatic rings. The minimum Gasteiger partial charge on any atom is -0.497 e. The van der Waals surface area contributed by atoms with E-state index in [4.69, 9.17) is 4.74 Å². The highest BCUT2D eigenvalue weighted by atomic mass is 16.5. The molecule has 0 saturated heterocycles. The summed E-state index contributed by atoms with van der Waals surface area (Å²) in [4.78, 5) is 33.5. The molecule has 1 heterocycles. The summed E-state index contributed by atoms with van der Waals surface area (Å²) in [5, 5.41) is 1.19. The van der Waals surface area contributed by atoms with E-state index in [0.717, 1.165) is 55.4 Å². The largest absolute Gasteiger partial charge is 0.497 e. The summed E-state index contributed by atoms with van der Waals surface area (Å²) in [5.41, 5.74) is 3.33. The van der Waals surface area contributed by atoms with Gasteiger partial charge in [0, 0.05) is 43.2 Å². The summed E-state index contributed by atoms with van der Waals surface area (Å²) < 4.78 is 5.29. The second kappa shape index (κ2) is 14.3. The highest BCUT2D eigenvalue weighted by Gasteiger charge is 2.21. The van der Waals surface area contributed by atoms with Crippen molar-refractivity contribution in [1.82, 2.24) is 14.8 Å². The van der Waals surface area contributed by atoms with Crippen LogP contribution in [0, 0.1) is 0 Å². The van der Waals surface area contributed by atoms with Crippen molar-refractivity contribution in [3.63, 3.8) is 0 Å². The Kier molecular flexibility index (Phi) is 10.9. The van der Waals surface area contributed by atoms with E-state index in [1.54, 1.807) is 12.0 Å². The fourth-order valence-corrected chi connectivity index (χ4v) is 4.43. The predicted molar refractivity (Wildman–Crippen MR) is 146 cm³/mol. The van der Waals surface area contributed by atoms with Crippen molar-refractivity contribution in [3.05, 3.63) is 65.9 Å². The molecule has 0 aliphatic carbocycles. The Morgan fingerprint density at radius 3 is 2.33 bits per heavy atom. The molecule has 6 nitrogen and oxygen atoms in total. The number of nitrogens with zero attached hydrogens (tertiary/aromatic N) is 2. The molecule has 0 fully saturated rings. The van der Waals surface area contributed by atoms with Gasteiger partial charge in [0.05, 0.1) is 13.7 Å². The van der Waals surface area contributed by atoms with Crippen LogP contribution in [-0.2, 0) is 22.6 Å². The van der Waals surface area contributed by atoms with Gasteiger partial charge in [0.25, 0.3) is 0 Å². The minimum absolute atomic E-state index is 0.00870. The summed E-state index contributed by atoms with van der Waals surface area (Å²) in [6, 6.07) is 16.1. The topological polar surface area (TPSA) is 65.6 Å². The van der Waals surface area contributed by atoms with E-state index in [1.165, 1.54) is 10.9 Å². The van der Waals surface area contributed by atoms with E-state index < -0.39 is 0 Å². The highest BCUT2D eigenvalue weighted by Crippen LogP contribution is 2.20. The molecule has 0 saturated carbocycles. The van der Waals surface area contributed by atoms with Crippen LogP contribution in [0.5, 0.6) is 5.75 Å². The van der Waals surface area contributed by atoms with E-state index in [2.05, 4.69) is 31.0 Å². The van der Waals surface area contributed by atoms with Gasteiger partial charge < -0.3 is 19.5 Å². The fourth-order valence-electron chi connectivity index (χ4n) is 4.43. The molecule has 194 valence electrons. The van der Waals surface area contributed by atoms with Crippen LogP contribution in [0.15, 0.2) is 54.7 Å². The number of ether oxygens (including phenoxy) is 1. The molecular formula is C30H41N3O3. The third kappa shape index (κ3) is 7.87. The lowest BCUT2D eigenvalue weighted by molar-refractivity contribution is -0.141. The first-order chi connectivity index (χ1) is 17.5. The Bertz CT molecular complexity index is 1090. The lowest BCUT2D eigenvalue weighted by Crippen LogP contribution is -2.43. The normalized spacial score (nSPS) is 11.0. The standard InChI is InChI=1S/C30H41N3O3/c1-4-6-8-13-29(34)32(19-7-5-2)23-30(35)33(22-24-14-16-26(36-3)17-15-24)20-18-25-21-31-28-12-10-9-11-27(25)28/h9-12,14-17,21,31H,4-8,13,18-20,22-23H2,1-3H3. The number of carbonyl (C=O) groups is 2. The summed E-state index contributed by atoms with van der Waals surface area (Å²) in [6.07, 6.45) is 8.17. The number of methoxy groups -OCH3 is 1. The number of hydrogen-bond acceptors (Lipinski definition) is 3. The number of hydrogen-bond donors (Lipinski definition) is 1. The van der Waals surface area contributed by atoms with Crippen LogP contribution < -0.4 is 4.74 Å². The number of amides is 2. The molecule has 0 aliphatic heterocycles. The molecule has 0 atom stereocenters. The van der Waals surface area contributed by atoms with Crippen molar-refractivity contribution in [2.75, 3.05) is 26.7 Å². The van der Waals surface area contributed by atoms with Gasteiger partial charge in [-0.05, 0) is 48.6 Å². The third-order valence-corrected chi connectivity index (χ3v) is 6.67. The predicted octanol–water partition coefficient (Wildman–Crippen LogP) is 5.96. The van der Waals surface area contributed by atoms with E-state index in [-0.39, 0.29) is 18.4 Å². The molecule has 0 unspecified atom stereocenters. The first kappa shape index (κ1) is 27.3. The van der Waals surface area contributed by atoms with E-state index in [1.807, 2.05) is 47.5 Å². The zero-order valence-corrected chi connectivity index (χ0v) is 22.1. The number of nitrogens with one attached hydrogen (secondary N) is 1. The van der Waals surface area contributed by atoms with Crippen molar-refractivity contribution < 1.29 is 14.3 Å². The summed E-state index contributed by atoms with van der Waals surface area (Å²) in [7, 11) is 1.65. The molecule has 2 amide bonds. The maximum absolute atomic E-state index is 13.6. The molecule has 36 heavy (non-hydrogen) atoms. The summed E-state index contributed by atoms with van der Waals surface area (Å²) >= 11 is 0. The number of aromatic amines is 1. The van der Waals surface area contributed by atoms with Crippen molar-refractivity contribution >= 4 is 22.7 Å². The van der Waals surface area contributed by atoms with Crippen LogP contribution in [-0.4, -0.2) is 53.3 Å². The lowest BCUT2D eigenvalue weighted by atomic mass is 10.1. The SMILES string of the molecule is CCCCCC(=O)N(CCCC)CC(=O)N(CCc1c[nH]c2ccccc12)Cc1ccc(OC)cc1. The van der Waals surface area contributed by atoms with Crippen LogP contribution in [0.25, 0.3) is 10.9 Å². The number of rotatable bonds is 15. The fraction of sp³-hybridized carbons (Fsp3) is 0.467. The maximum Gasteiger partial charge on any atom is 0.242 e. The molecule has 2 aromatic carbocycles. The zero-order valence-electron chi connectivity index (χ0n) is 22.1. The van der Waals surface area contributed by atoms with Crippen molar-refractivity contribution in [2.45, 2.75) is 65.3 Å². The van der Waals surface area contributed by atoms with Gasteiger partial charge in [-0.1, -0.05) is 63.4 Å². The Morgan fingerprint density at radius 1 is 0.861 bits per heavy atom. The lowest BCUT2D eigenvalue weighted by Gasteiger charge is -2.28. The first-order valence-corrected chi connectivity index (χ1v) is 13.3. The Balaban J connectivity index is 1.75. The minimum atomic E-state index is -0.00870. The quantitative estimate of drug-likeness (QED) is 0.267. The maximum atomic E-state index is 13.6. The number of fused-ring (bicyclic) bond motifs is 1. The molecular weight excluding hydrogens is 450 g/mol. The van der Waals surface area contributed by atoms with Crippen LogP contribution in [0.3, 0.4) is 0 Å². The second-order valence-electron chi connectivity index (χ2n) is 9.40. The van der Waals surface area contributed by atoms with Gasteiger partial charge >= 0.3 is 0 Å². The van der Waals surface area contributed by atoms with Crippen LogP contribution in [0.2, 0.25) is 0 Å². The van der Waals surface area contributed by atoms with Gasteiger partial charge in [0.15, 0.2) is 0 Å². The van der Waals surface area contributed by atoms with Gasteiger partial charge in [-0.3, -0.25) is 9.59 Å². The van der Waals surface area contributed by atoms with Gasteiger partial charge in [-0.2, -0.15) is 0 Å².